The molecule has 0 bridgehead atoms. The normalized spacial score (nSPS) is 15.2. The third-order valence-corrected chi connectivity index (χ3v) is 4.11. The molecule has 2 heterocycles. The van der Waals surface area contributed by atoms with E-state index in [1.807, 2.05) is 4.90 Å². The Morgan fingerprint density at radius 2 is 2.05 bits per heavy atom. The number of hydrogen-bond donors (Lipinski definition) is 2. The molecule has 1 aliphatic rings. The summed E-state index contributed by atoms with van der Waals surface area (Å²) in [5, 5.41) is 12.1. The maximum absolute atomic E-state index is 8.70. The molecule has 2 N–H and O–H groups in total. The van der Waals surface area contributed by atoms with Gasteiger partial charge in [0.1, 0.15) is 0 Å². The smallest absolute Gasteiger partial charge is 0.231 e. The molecule has 118 valence electrons. The first-order valence-corrected chi connectivity index (χ1v) is 8.49. The van der Waals surface area contributed by atoms with Crippen molar-refractivity contribution in [3.63, 3.8) is 0 Å². The topological polar surface area (TPSA) is 83.4 Å². The van der Waals surface area contributed by atoms with Crippen LogP contribution in [0, 0.1) is 0 Å². The van der Waals surface area contributed by atoms with Crippen molar-refractivity contribution in [2.24, 2.45) is 0 Å². The van der Waals surface area contributed by atoms with Crippen LogP contribution in [0.25, 0.3) is 0 Å². The molecule has 1 aromatic rings. The van der Waals surface area contributed by atoms with Crippen molar-refractivity contribution in [3.05, 3.63) is 5.28 Å². The van der Waals surface area contributed by atoms with Gasteiger partial charge in [-0.25, -0.2) is 0 Å². The highest BCUT2D eigenvalue weighted by Gasteiger charge is 2.15. The second kappa shape index (κ2) is 9.24. The molecule has 21 heavy (non-hydrogen) atoms. The maximum atomic E-state index is 8.70. The zero-order valence-electron chi connectivity index (χ0n) is 11.8. The average Bonchev–Trinajstić information content (AvgIpc) is 2.51. The zero-order chi connectivity index (χ0) is 14.9. The Kier molecular flexibility index (Phi) is 7.28. The van der Waals surface area contributed by atoms with E-state index in [4.69, 9.17) is 21.4 Å². The van der Waals surface area contributed by atoms with Crippen molar-refractivity contribution in [2.45, 2.75) is 6.42 Å². The lowest BCUT2D eigenvalue weighted by Crippen LogP contribution is -2.37. The zero-order valence-corrected chi connectivity index (χ0v) is 13.4. The molecular weight excluding hydrogens is 314 g/mol. The highest BCUT2D eigenvalue weighted by Crippen LogP contribution is 2.15. The summed E-state index contributed by atoms with van der Waals surface area (Å²) in [6.07, 6.45) is 0.823. The molecule has 0 radical (unpaired) electrons. The molecule has 1 fully saturated rings. The minimum absolute atomic E-state index is 0.196. The number of morpholine rings is 1. The van der Waals surface area contributed by atoms with Crippen LogP contribution in [0.15, 0.2) is 0 Å². The lowest BCUT2D eigenvalue weighted by Gasteiger charge is -2.26. The van der Waals surface area contributed by atoms with Crippen LogP contribution in [0.4, 0.5) is 11.9 Å². The van der Waals surface area contributed by atoms with Gasteiger partial charge in [-0.1, -0.05) is 0 Å². The number of nitrogens with one attached hydrogen (secondary N) is 1. The summed E-state index contributed by atoms with van der Waals surface area (Å²) in [5.41, 5.74) is 0. The number of aromatic nitrogens is 3. The molecule has 0 aromatic carbocycles. The fourth-order valence-corrected chi connectivity index (χ4v) is 2.77. The fraction of sp³-hybridized carbons (Fsp3) is 0.750. The summed E-state index contributed by atoms with van der Waals surface area (Å²) in [7, 11) is 0. The lowest BCUT2D eigenvalue weighted by molar-refractivity contribution is 0.122. The summed E-state index contributed by atoms with van der Waals surface area (Å²) < 4.78 is 5.31. The average molecular weight is 334 g/mol. The van der Waals surface area contributed by atoms with Gasteiger partial charge in [0.15, 0.2) is 0 Å². The van der Waals surface area contributed by atoms with Gasteiger partial charge in [-0.15, -0.1) is 0 Å². The Hall–Kier alpha value is -0.830. The van der Waals surface area contributed by atoms with Gasteiger partial charge >= 0.3 is 0 Å². The van der Waals surface area contributed by atoms with Gasteiger partial charge in [0, 0.05) is 32.0 Å². The van der Waals surface area contributed by atoms with Crippen LogP contribution in [0.3, 0.4) is 0 Å². The predicted octanol–water partition coefficient (Wildman–Crippen LogP) is 0.889. The molecule has 9 heteroatoms. The Morgan fingerprint density at radius 3 is 2.81 bits per heavy atom. The van der Waals surface area contributed by atoms with Crippen LogP contribution >= 0.6 is 23.4 Å². The standard InChI is InChI=1S/C12H20ClN5O2S/c13-10-15-11(14-2-9-21-8-1-5-19)17-12(16-10)18-3-6-20-7-4-18/h19H,1-9H2,(H,14,15,16,17). The van der Waals surface area contributed by atoms with E-state index in [0.29, 0.717) is 25.1 Å². The second-order valence-electron chi connectivity index (χ2n) is 4.44. The number of hydrogen-bond acceptors (Lipinski definition) is 8. The van der Waals surface area contributed by atoms with Crippen LogP contribution in [-0.2, 0) is 4.74 Å². The number of anilines is 2. The van der Waals surface area contributed by atoms with E-state index in [-0.39, 0.29) is 11.9 Å². The first-order valence-electron chi connectivity index (χ1n) is 6.96. The van der Waals surface area contributed by atoms with Crippen molar-refractivity contribution in [2.75, 3.05) is 61.2 Å². The number of nitrogens with zero attached hydrogens (tertiary/aromatic N) is 4. The lowest BCUT2D eigenvalue weighted by atomic mass is 10.4. The molecule has 0 atom stereocenters. The minimum Gasteiger partial charge on any atom is -0.396 e. The molecule has 0 unspecified atom stereocenters. The van der Waals surface area contributed by atoms with Crippen molar-refractivity contribution in [3.8, 4) is 0 Å². The predicted molar refractivity (Wildman–Crippen MR) is 85.4 cm³/mol. The van der Waals surface area contributed by atoms with Gasteiger partial charge in [0.25, 0.3) is 0 Å². The largest absolute Gasteiger partial charge is 0.396 e. The van der Waals surface area contributed by atoms with E-state index in [0.717, 1.165) is 37.6 Å². The number of halogens is 1. The molecule has 0 spiro atoms. The molecule has 0 aliphatic carbocycles. The summed E-state index contributed by atoms with van der Waals surface area (Å²) in [6.45, 7) is 3.86. The summed E-state index contributed by atoms with van der Waals surface area (Å²) >= 11 is 7.74. The molecule has 7 nitrogen and oxygen atoms in total. The van der Waals surface area contributed by atoms with Gasteiger partial charge in [0.2, 0.25) is 17.2 Å². The van der Waals surface area contributed by atoms with Crippen LogP contribution in [0.1, 0.15) is 6.42 Å². The van der Waals surface area contributed by atoms with Crippen LogP contribution in [0.5, 0.6) is 0 Å². The van der Waals surface area contributed by atoms with E-state index in [9.17, 15) is 0 Å². The summed E-state index contributed by atoms with van der Waals surface area (Å²) in [6, 6.07) is 0. The third kappa shape index (κ3) is 5.82. The SMILES string of the molecule is OCCCSCCNc1nc(Cl)nc(N2CCOCC2)n1. The molecule has 0 saturated carbocycles. The van der Waals surface area contributed by atoms with Crippen LogP contribution in [0.2, 0.25) is 5.28 Å². The summed E-state index contributed by atoms with van der Waals surface area (Å²) in [4.78, 5) is 14.7. The van der Waals surface area contributed by atoms with E-state index in [1.54, 1.807) is 11.8 Å². The minimum atomic E-state index is 0.196. The Morgan fingerprint density at radius 1 is 1.24 bits per heavy atom. The Balaban J connectivity index is 1.83. The van der Waals surface area contributed by atoms with E-state index < -0.39 is 0 Å². The third-order valence-electron chi connectivity index (χ3n) is 2.87. The van der Waals surface area contributed by atoms with Gasteiger partial charge in [0.05, 0.1) is 13.2 Å². The second-order valence-corrected chi connectivity index (χ2v) is 6.01. The quantitative estimate of drug-likeness (QED) is 0.679. The first kappa shape index (κ1) is 16.5. The number of aliphatic hydroxyl groups excluding tert-OH is 1. The van der Waals surface area contributed by atoms with Gasteiger partial charge in [-0.05, 0) is 23.8 Å². The van der Waals surface area contributed by atoms with Gasteiger partial charge in [-0.2, -0.15) is 26.7 Å². The van der Waals surface area contributed by atoms with Crippen LogP contribution < -0.4 is 10.2 Å². The van der Waals surface area contributed by atoms with E-state index >= 15 is 0 Å². The van der Waals surface area contributed by atoms with Crippen molar-refractivity contribution in [1.29, 1.82) is 0 Å². The van der Waals surface area contributed by atoms with E-state index in [1.165, 1.54) is 0 Å². The number of thioether (sulfide) groups is 1. The molecule has 2 rings (SSSR count). The van der Waals surface area contributed by atoms with Crippen molar-refractivity contribution >= 4 is 35.3 Å². The molecule has 1 saturated heterocycles. The van der Waals surface area contributed by atoms with Gasteiger partial charge in [-0.3, -0.25) is 0 Å². The van der Waals surface area contributed by atoms with E-state index in [2.05, 4.69) is 20.3 Å². The fourth-order valence-electron chi connectivity index (χ4n) is 1.83. The van der Waals surface area contributed by atoms with Crippen LogP contribution in [-0.4, -0.2) is 71.0 Å². The highest BCUT2D eigenvalue weighted by atomic mass is 35.5. The monoisotopic (exact) mass is 333 g/mol. The number of aliphatic hydroxyl groups is 1. The molecule has 0 amide bonds. The number of ether oxygens (including phenoxy) is 1. The van der Waals surface area contributed by atoms with Gasteiger partial charge < -0.3 is 20.1 Å². The van der Waals surface area contributed by atoms with Crippen molar-refractivity contribution < 1.29 is 9.84 Å². The number of rotatable bonds is 8. The molecular formula is C12H20ClN5O2S. The Labute approximate surface area is 133 Å². The molecule has 1 aliphatic heterocycles. The van der Waals surface area contributed by atoms with Crippen molar-refractivity contribution in [1.82, 2.24) is 15.0 Å². The Bertz CT molecular complexity index is 434. The highest BCUT2D eigenvalue weighted by molar-refractivity contribution is 7.99. The molecule has 1 aromatic heterocycles. The maximum Gasteiger partial charge on any atom is 0.231 e. The summed E-state index contributed by atoms with van der Waals surface area (Å²) in [5.74, 6) is 2.97. The first-order chi connectivity index (χ1) is 10.3.